The Balaban J connectivity index is 3.21. The number of rotatable bonds is 6. The summed E-state index contributed by atoms with van der Waals surface area (Å²) in [4.78, 5) is 0. The zero-order valence-electron chi connectivity index (χ0n) is 6.94. The van der Waals surface area contributed by atoms with Crippen molar-refractivity contribution in [2.45, 2.75) is 6.42 Å². The van der Waals surface area contributed by atoms with Crippen LogP contribution in [-0.4, -0.2) is 24.3 Å². The summed E-state index contributed by atoms with van der Waals surface area (Å²) < 4.78 is 5.10. The predicted octanol–water partition coefficient (Wildman–Crippen LogP) is 0.882. The van der Waals surface area contributed by atoms with Crippen LogP contribution in [0.15, 0.2) is 30.0 Å². The van der Waals surface area contributed by atoms with Gasteiger partial charge in [-0.15, -0.1) is 0 Å². The highest BCUT2D eigenvalue weighted by Gasteiger charge is 1.91. The molecule has 0 aromatic heterocycles. The highest BCUT2D eigenvalue weighted by molar-refractivity contribution is 5.79. The van der Waals surface area contributed by atoms with Crippen LogP contribution < -0.4 is 5.73 Å². The molecule has 4 heteroatoms. The first-order valence-corrected chi connectivity index (χ1v) is 3.63. The Bertz CT molecular complexity index is 176. The Hall–Kier alpha value is -1.29. The fraction of sp³-hybridized carbons (Fsp3) is 0.375. The zero-order chi connectivity index (χ0) is 9.23. The van der Waals surface area contributed by atoms with E-state index in [0.717, 1.165) is 0 Å². The fourth-order valence-electron chi connectivity index (χ4n) is 0.530. The van der Waals surface area contributed by atoms with Crippen LogP contribution >= 0.6 is 0 Å². The maximum absolute atomic E-state index is 8.16. The third-order valence-corrected chi connectivity index (χ3v) is 1.12. The number of oxime groups is 1. The highest BCUT2D eigenvalue weighted by atomic mass is 16.5. The van der Waals surface area contributed by atoms with Gasteiger partial charge in [0.05, 0.1) is 13.2 Å². The van der Waals surface area contributed by atoms with E-state index in [0.29, 0.717) is 19.6 Å². The van der Waals surface area contributed by atoms with Crippen LogP contribution in [0.4, 0.5) is 0 Å². The van der Waals surface area contributed by atoms with E-state index in [9.17, 15) is 0 Å². The Morgan fingerprint density at radius 1 is 1.67 bits per heavy atom. The van der Waals surface area contributed by atoms with Crippen LogP contribution in [0.1, 0.15) is 6.42 Å². The zero-order valence-corrected chi connectivity index (χ0v) is 6.94. The van der Waals surface area contributed by atoms with Gasteiger partial charge in [0, 0.05) is 6.42 Å². The summed E-state index contributed by atoms with van der Waals surface area (Å²) in [5.41, 5.74) is 5.20. The van der Waals surface area contributed by atoms with Gasteiger partial charge in [0.2, 0.25) is 0 Å². The van der Waals surface area contributed by atoms with E-state index >= 15 is 0 Å². The fourth-order valence-corrected chi connectivity index (χ4v) is 0.530. The SMILES string of the molecule is C=CC=CCOCCC(N)=NO. The normalized spacial score (nSPS) is 12.2. The van der Waals surface area contributed by atoms with Gasteiger partial charge in [-0.1, -0.05) is 30.0 Å². The Labute approximate surface area is 72.0 Å². The van der Waals surface area contributed by atoms with Crippen LogP contribution in [0.5, 0.6) is 0 Å². The summed E-state index contributed by atoms with van der Waals surface area (Å²) in [5.74, 6) is 0.183. The van der Waals surface area contributed by atoms with Crippen molar-refractivity contribution < 1.29 is 9.94 Å². The molecule has 0 aromatic rings. The summed E-state index contributed by atoms with van der Waals surface area (Å²) in [5, 5.41) is 11.0. The van der Waals surface area contributed by atoms with E-state index < -0.39 is 0 Å². The standard InChI is InChI=1S/C8H14N2O2/c1-2-3-4-6-12-7-5-8(9)10-11/h2-4,11H,1,5-7H2,(H2,9,10). The Kier molecular flexibility index (Phi) is 6.97. The molecule has 0 bridgehead atoms. The molecule has 0 heterocycles. The lowest BCUT2D eigenvalue weighted by Gasteiger charge is -1.98. The lowest BCUT2D eigenvalue weighted by molar-refractivity contribution is 0.169. The minimum atomic E-state index is 0.183. The molecule has 0 unspecified atom stereocenters. The molecule has 0 aromatic carbocycles. The Morgan fingerprint density at radius 3 is 3.00 bits per heavy atom. The molecule has 0 amide bonds. The first kappa shape index (κ1) is 10.7. The molecular formula is C8H14N2O2. The van der Waals surface area contributed by atoms with E-state index in [-0.39, 0.29) is 5.84 Å². The van der Waals surface area contributed by atoms with Gasteiger partial charge in [-0.05, 0) is 0 Å². The lowest BCUT2D eigenvalue weighted by Crippen LogP contribution is -2.14. The molecule has 0 saturated carbocycles. The van der Waals surface area contributed by atoms with Gasteiger partial charge in [-0.2, -0.15) is 0 Å². The maximum Gasteiger partial charge on any atom is 0.141 e. The van der Waals surface area contributed by atoms with Gasteiger partial charge in [-0.25, -0.2) is 0 Å². The van der Waals surface area contributed by atoms with Crippen LogP contribution in [0.25, 0.3) is 0 Å². The van der Waals surface area contributed by atoms with Crippen molar-refractivity contribution in [1.29, 1.82) is 0 Å². The summed E-state index contributed by atoms with van der Waals surface area (Å²) >= 11 is 0. The maximum atomic E-state index is 8.16. The number of hydrogen-bond donors (Lipinski definition) is 2. The minimum absolute atomic E-state index is 0.183. The molecule has 0 aliphatic carbocycles. The van der Waals surface area contributed by atoms with Crippen molar-refractivity contribution in [2.24, 2.45) is 10.9 Å². The average molecular weight is 170 g/mol. The van der Waals surface area contributed by atoms with E-state index in [2.05, 4.69) is 11.7 Å². The summed E-state index contributed by atoms with van der Waals surface area (Å²) in [6.07, 6.45) is 5.74. The average Bonchev–Trinajstić information content (AvgIpc) is 2.10. The van der Waals surface area contributed by atoms with Gasteiger partial charge in [0.1, 0.15) is 5.84 Å². The number of allylic oxidation sites excluding steroid dienone is 2. The molecule has 0 rings (SSSR count). The third-order valence-electron chi connectivity index (χ3n) is 1.12. The largest absolute Gasteiger partial charge is 0.409 e. The van der Waals surface area contributed by atoms with E-state index in [1.807, 2.05) is 6.08 Å². The second kappa shape index (κ2) is 7.81. The molecule has 0 spiro atoms. The highest BCUT2D eigenvalue weighted by Crippen LogP contribution is 1.84. The third kappa shape index (κ3) is 6.82. The van der Waals surface area contributed by atoms with Crippen LogP contribution in [0.3, 0.4) is 0 Å². The van der Waals surface area contributed by atoms with Crippen molar-refractivity contribution >= 4 is 5.84 Å². The molecule has 0 saturated heterocycles. The van der Waals surface area contributed by atoms with Crippen molar-refractivity contribution in [2.75, 3.05) is 13.2 Å². The minimum Gasteiger partial charge on any atom is -0.409 e. The first-order chi connectivity index (χ1) is 5.81. The van der Waals surface area contributed by atoms with E-state index in [1.165, 1.54) is 0 Å². The van der Waals surface area contributed by atoms with Crippen molar-refractivity contribution in [3.8, 4) is 0 Å². The van der Waals surface area contributed by atoms with Gasteiger partial charge >= 0.3 is 0 Å². The molecule has 0 radical (unpaired) electrons. The molecule has 4 nitrogen and oxygen atoms in total. The second-order valence-corrected chi connectivity index (χ2v) is 2.08. The van der Waals surface area contributed by atoms with E-state index in [4.69, 9.17) is 15.7 Å². The monoisotopic (exact) mass is 170 g/mol. The Morgan fingerprint density at radius 2 is 2.42 bits per heavy atom. The van der Waals surface area contributed by atoms with Gasteiger partial charge < -0.3 is 15.7 Å². The molecule has 0 aliphatic heterocycles. The van der Waals surface area contributed by atoms with Crippen LogP contribution in [-0.2, 0) is 4.74 Å². The predicted molar refractivity (Wildman–Crippen MR) is 48.2 cm³/mol. The van der Waals surface area contributed by atoms with Gasteiger partial charge in [0.25, 0.3) is 0 Å². The van der Waals surface area contributed by atoms with Crippen molar-refractivity contribution in [3.63, 3.8) is 0 Å². The second-order valence-electron chi connectivity index (χ2n) is 2.08. The summed E-state index contributed by atoms with van der Waals surface area (Å²) in [7, 11) is 0. The molecule has 0 aliphatic rings. The summed E-state index contributed by atoms with van der Waals surface area (Å²) in [6.45, 7) is 4.48. The smallest absolute Gasteiger partial charge is 0.141 e. The molecule has 0 atom stereocenters. The van der Waals surface area contributed by atoms with Gasteiger partial charge in [0.15, 0.2) is 0 Å². The molecule has 0 fully saturated rings. The van der Waals surface area contributed by atoms with Crippen molar-refractivity contribution in [1.82, 2.24) is 0 Å². The number of ether oxygens (including phenoxy) is 1. The number of nitrogens with two attached hydrogens (primary N) is 1. The number of hydrogen-bond acceptors (Lipinski definition) is 3. The summed E-state index contributed by atoms with van der Waals surface area (Å²) in [6, 6.07) is 0. The topological polar surface area (TPSA) is 67.8 Å². The van der Waals surface area contributed by atoms with Crippen molar-refractivity contribution in [3.05, 3.63) is 24.8 Å². The van der Waals surface area contributed by atoms with Crippen LogP contribution in [0.2, 0.25) is 0 Å². The molecule has 3 N–H and O–H groups in total. The van der Waals surface area contributed by atoms with Gasteiger partial charge in [-0.3, -0.25) is 0 Å². The number of nitrogens with zero attached hydrogens (tertiary/aromatic N) is 1. The number of amidine groups is 1. The first-order valence-electron chi connectivity index (χ1n) is 3.63. The van der Waals surface area contributed by atoms with E-state index in [1.54, 1.807) is 12.2 Å². The molecule has 68 valence electrons. The molecule has 12 heavy (non-hydrogen) atoms. The lowest BCUT2D eigenvalue weighted by atomic mass is 10.4. The van der Waals surface area contributed by atoms with Crippen LogP contribution in [0, 0.1) is 0 Å². The quantitative estimate of drug-likeness (QED) is 0.155. The molecular weight excluding hydrogens is 156 g/mol.